The topological polar surface area (TPSA) is 18.5 Å². The van der Waals surface area contributed by atoms with Gasteiger partial charge in [-0.15, -0.1) is 0 Å². The number of rotatable bonds is 9. The third-order valence-electron chi connectivity index (χ3n) is 3.35. The van der Waals surface area contributed by atoms with E-state index in [1.54, 1.807) is 0 Å². The lowest BCUT2D eigenvalue weighted by molar-refractivity contribution is 0.394. The Bertz CT molecular complexity index is 328. The van der Waals surface area contributed by atoms with E-state index in [1.165, 1.54) is 17.7 Å². The van der Waals surface area contributed by atoms with Crippen LogP contribution in [0.15, 0.2) is 24.3 Å². The lowest BCUT2D eigenvalue weighted by Crippen LogP contribution is -2.22. The summed E-state index contributed by atoms with van der Waals surface area (Å²) in [6.45, 7) is 9.72. The minimum absolute atomic E-state index is 0.964. The van der Waals surface area contributed by atoms with Crippen molar-refractivity contribution in [2.45, 2.75) is 26.8 Å². The molecule has 0 fully saturated rings. The van der Waals surface area contributed by atoms with Gasteiger partial charge in [0.25, 0.3) is 0 Å². The Kier molecular flexibility index (Phi) is 7.53. The van der Waals surface area contributed by atoms with Crippen LogP contribution in [0.1, 0.15) is 25.8 Å². The Balaban J connectivity index is 2.32. The van der Waals surface area contributed by atoms with Gasteiger partial charge in [-0.3, -0.25) is 0 Å². The molecule has 0 aliphatic heterocycles. The first-order valence-electron chi connectivity index (χ1n) is 7.36. The largest absolute Gasteiger partial charge is 0.372 e. The van der Waals surface area contributed by atoms with E-state index in [1.807, 2.05) is 0 Å². The second kappa shape index (κ2) is 8.94. The molecule has 0 atom stereocenters. The molecule has 0 amide bonds. The van der Waals surface area contributed by atoms with Gasteiger partial charge >= 0.3 is 0 Å². The summed E-state index contributed by atoms with van der Waals surface area (Å²) in [6.07, 6.45) is 1.20. The average Bonchev–Trinajstić information content (AvgIpc) is 2.41. The normalized spacial score (nSPS) is 11.0. The molecule has 1 rings (SSSR count). The zero-order chi connectivity index (χ0) is 14.1. The number of hydrogen-bond acceptors (Lipinski definition) is 3. The molecule has 0 saturated carbocycles. The highest BCUT2D eigenvalue weighted by atomic mass is 15.1. The summed E-state index contributed by atoms with van der Waals surface area (Å²) in [7, 11) is 4.23. The van der Waals surface area contributed by atoms with E-state index >= 15 is 0 Å². The number of nitrogens with one attached hydrogen (secondary N) is 1. The van der Waals surface area contributed by atoms with Gasteiger partial charge in [-0.2, -0.15) is 0 Å². The molecule has 0 aliphatic rings. The number of nitrogens with zero attached hydrogens (tertiary/aromatic N) is 2. The fraction of sp³-hybridized carbons (Fsp3) is 0.625. The summed E-state index contributed by atoms with van der Waals surface area (Å²) in [4.78, 5) is 4.59. The van der Waals surface area contributed by atoms with Crippen molar-refractivity contribution in [3.05, 3.63) is 29.8 Å². The molecule has 0 spiro atoms. The van der Waals surface area contributed by atoms with Crippen LogP contribution in [0.3, 0.4) is 0 Å². The maximum absolute atomic E-state index is 3.49. The monoisotopic (exact) mass is 263 g/mol. The first-order chi connectivity index (χ1) is 9.17. The van der Waals surface area contributed by atoms with Crippen LogP contribution in [0.4, 0.5) is 5.69 Å². The average molecular weight is 263 g/mol. The van der Waals surface area contributed by atoms with Crippen molar-refractivity contribution in [3.63, 3.8) is 0 Å². The van der Waals surface area contributed by atoms with E-state index in [0.29, 0.717) is 0 Å². The summed E-state index contributed by atoms with van der Waals surface area (Å²) in [5, 5.41) is 3.49. The van der Waals surface area contributed by atoms with Gasteiger partial charge in [-0.05, 0) is 65.1 Å². The summed E-state index contributed by atoms with van der Waals surface area (Å²) in [6, 6.07) is 8.91. The summed E-state index contributed by atoms with van der Waals surface area (Å²) in [5.41, 5.74) is 2.68. The summed E-state index contributed by atoms with van der Waals surface area (Å²) in [5.74, 6) is 0. The molecule has 0 unspecified atom stereocenters. The van der Waals surface area contributed by atoms with Crippen molar-refractivity contribution in [3.8, 4) is 0 Å². The van der Waals surface area contributed by atoms with Crippen molar-refractivity contribution < 1.29 is 0 Å². The highest BCUT2D eigenvalue weighted by Crippen LogP contribution is 2.14. The van der Waals surface area contributed by atoms with E-state index in [0.717, 1.165) is 32.7 Å². The van der Waals surface area contributed by atoms with Gasteiger partial charge < -0.3 is 15.1 Å². The quantitative estimate of drug-likeness (QED) is 0.691. The Morgan fingerprint density at radius 1 is 1.00 bits per heavy atom. The molecule has 0 bridgehead atoms. The number of hydrogen-bond donors (Lipinski definition) is 1. The van der Waals surface area contributed by atoms with Crippen LogP contribution in [0.25, 0.3) is 0 Å². The number of anilines is 1. The zero-order valence-corrected chi connectivity index (χ0v) is 12.9. The van der Waals surface area contributed by atoms with Crippen LogP contribution in [-0.4, -0.2) is 45.2 Å². The maximum Gasteiger partial charge on any atom is 0.0366 e. The van der Waals surface area contributed by atoms with E-state index in [4.69, 9.17) is 0 Å². The van der Waals surface area contributed by atoms with Crippen LogP contribution < -0.4 is 10.2 Å². The molecule has 0 aromatic heterocycles. The Morgan fingerprint density at radius 3 is 2.16 bits per heavy atom. The van der Waals surface area contributed by atoms with Crippen molar-refractivity contribution in [2.75, 3.05) is 45.2 Å². The molecule has 1 N–H and O–H groups in total. The molecule has 19 heavy (non-hydrogen) atoms. The second-order valence-corrected chi connectivity index (χ2v) is 5.17. The van der Waals surface area contributed by atoms with Crippen LogP contribution in [0.2, 0.25) is 0 Å². The first-order valence-corrected chi connectivity index (χ1v) is 7.36. The molecule has 1 aromatic rings. The lowest BCUT2D eigenvalue weighted by Gasteiger charge is -2.21. The Morgan fingerprint density at radius 2 is 1.63 bits per heavy atom. The summed E-state index contributed by atoms with van der Waals surface area (Å²) >= 11 is 0. The van der Waals surface area contributed by atoms with E-state index in [2.05, 4.69) is 67.3 Å². The van der Waals surface area contributed by atoms with Crippen molar-refractivity contribution in [1.29, 1.82) is 0 Å². The van der Waals surface area contributed by atoms with Gasteiger partial charge in [0.05, 0.1) is 0 Å². The van der Waals surface area contributed by atoms with Gasteiger partial charge in [0.15, 0.2) is 0 Å². The standard InChI is InChI=1S/C16H29N3/c1-5-19(6-2)16-10-8-15(9-11-16)14-17-12-7-13-18(3)4/h8-11,17H,5-7,12-14H2,1-4H3. The maximum atomic E-state index is 3.49. The fourth-order valence-corrected chi connectivity index (χ4v) is 2.17. The highest BCUT2D eigenvalue weighted by Gasteiger charge is 2.01. The van der Waals surface area contributed by atoms with Gasteiger partial charge in [-0.25, -0.2) is 0 Å². The molecular weight excluding hydrogens is 234 g/mol. The van der Waals surface area contributed by atoms with Gasteiger partial charge in [0.2, 0.25) is 0 Å². The predicted octanol–water partition coefficient (Wildman–Crippen LogP) is 2.57. The SMILES string of the molecule is CCN(CC)c1ccc(CNCCCN(C)C)cc1. The fourth-order valence-electron chi connectivity index (χ4n) is 2.17. The van der Waals surface area contributed by atoms with E-state index in [9.17, 15) is 0 Å². The Hall–Kier alpha value is -1.06. The molecule has 3 heteroatoms. The minimum Gasteiger partial charge on any atom is -0.372 e. The van der Waals surface area contributed by atoms with Gasteiger partial charge in [-0.1, -0.05) is 12.1 Å². The van der Waals surface area contributed by atoms with Crippen molar-refractivity contribution in [2.24, 2.45) is 0 Å². The Labute approximate surface area is 118 Å². The molecule has 3 nitrogen and oxygen atoms in total. The molecule has 1 aromatic carbocycles. The van der Waals surface area contributed by atoms with Crippen LogP contribution in [0, 0.1) is 0 Å². The van der Waals surface area contributed by atoms with Gasteiger partial charge in [0.1, 0.15) is 0 Å². The smallest absolute Gasteiger partial charge is 0.0366 e. The third-order valence-corrected chi connectivity index (χ3v) is 3.35. The van der Waals surface area contributed by atoms with Crippen LogP contribution in [-0.2, 0) is 6.54 Å². The minimum atomic E-state index is 0.964. The van der Waals surface area contributed by atoms with Crippen molar-refractivity contribution in [1.82, 2.24) is 10.2 Å². The lowest BCUT2D eigenvalue weighted by atomic mass is 10.2. The van der Waals surface area contributed by atoms with Crippen LogP contribution in [0.5, 0.6) is 0 Å². The predicted molar refractivity (Wildman–Crippen MR) is 84.9 cm³/mol. The van der Waals surface area contributed by atoms with Gasteiger partial charge in [0, 0.05) is 25.3 Å². The molecular formula is C16H29N3. The third kappa shape index (κ3) is 6.08. The zero-order valence-electron chi connectivity index (χ0n) is 12.9. The molecule has 0 saturated heterocycles. The second-order valence-electron chi connectivity index (χ2n) is 5.17. The first kappa shape index (κ1) is 16.0. The van der Waals surface area contributed by atoms with Crippen LogP contribution >= 0.6 is 0 Å². The van der Waals surface area contributed by atoms with E-state index < -0.39 is 0 Å². The molecule has 0 radical (unpaired) electrons. The molecule has 108 valence electrons. The van der Waals surface area contributed by atoms with Crippen molar-refractivity contribution >= 4 is 5.69 Å². The van der Waals surface area contributed by atoms with E-state index in [-0.39, 0.29) is 0 Å². The summed E-state index contributed by atoms with van der Waals surface area (Å²) < 4.78 is 0. The number of benzene rings is 1. The molecule has 0 aliphatic carbocycles. The highest BCUT2D eigenvalue weighted by molar-refractivity contribution is 5.47. The molecule has 0 heterocycles.